The molecule has 2 aliphatic rings. The van der Waals surface area contributed by atoms with E-state index < -0.39 is 47.1 Å². The topological polar surface area (TPSA) is 32.8 Å². The first kappa shape index (κ1) is 27.7. The molecular formula is C31H30F6O2. The first-order valence-electron chi connectivity index (χ1n) is 13.4. The number of hydrogen-bond acceptors (Lipinski definition) is 2. The molecule has 0 radical (unpaired) electrons. The maximum atomic E-state index is 14.9. The predicted molar refractivity (Wildman–Crippen MR) is 135 cm³/mol. The Labute approximate surface area is 223 Å². The summed E-state index contributed by atoms with van der Waals surface area (Å²) in [4.78, 5) is 0. The van der Waals surface area contributed by atoms with Gasteiger partial charge in [-0.05, 0) is 67.9 Å². The Morgan fingerprint density at radius 2 is 1.33 bits per heavy atom. The Kier molecular flexibility index (Phi) is 8.06. The summed E-state index contributed by atoms with van der Waals surface area (Å²) in [5.74, 6) is -6.51. The molecule has 208 valence electrons. The van der Waals surface area contributed by atoms with Crippen LogP contribution in [-0.4, -0.2) is 11.7 Å². The number of ether oxygens (including phenoxy) is 1. The Hall–Kier alpha value is -2.84. The molecule has 0 amide bonds. The van der Waals surface area contributed by atoms with E-state index in [1.165, 1.54) is 30.3 Å². The molecule has 1 aliphatic heterocycles. The van der Waals surface area contributed by atoms with Crippen molar-refractivity contribution in [2.45, 2.75) is 70.0 Å². The molecule has 5 rings (SSSR count). The molecule has 3 aromatic carbocycles. The average Bonchev–Trinajstić information content (AvgIpc) is 3.78. The van der Waals surface area contributed by atoms with Crippen molar-refractivity contribution >= 4 is 0 Å². The summed E-state index contributed by atoms with van der Waals surface area (Å²) in [6.45, 7) is 1.98. The van der Waals surface area contributed by atoms with Crippen LogP contribution in [0.3, 0.4) is 0 Å². The fraction of sp³-hybridized carbons (Fsp3) is 0.419. The Morgan fingerprint density at radius 3 is 1.97 bits per heavy atom. The lowest BCUT2D eigenvalue weighted by Gasteiger charge is -2.29. The number of epoxide rings is 1. The van der Waals surface area contributed by atoms with Crippen LogP contribution in [0.1, 0.15) is 85.8 Å². The molecule has 1 heterocycles. The van der Waals surface area contributed by atoms with E-state index in [4.69, 9.17) is 4.74 Å². The third-order valence-electron chi connectivity index (χ3n) is 8.24. The third-order valence-corrected chi connectivity index (χ3v) is 8.24. The van der Waals surface area contributed by atoms with Gasteiger partial charge in [0, 0.05) is 22.3 Å². The SMILES string of the molecule is CCC(O)c1ccc(C2CCC(CCc3ccc(-c4ccc(C5CO5)c(F)c4F)c(F)c3F)CC2)c(F)c1F. The van der Waals surface area contributed by atoms with Crippen LogP contribution in [0.15, 0.2) is 36.4 Å². The third kappa shape index (κ3) is 5.46. The zero-order valence-corrected chi connectivity index (χ0v) is 21.6. The smallest absolute Gasteiger partial charge is 0.167 e. The normalized spacial score (nSPS) is 21.7. The summed E-state index contributed by atoms with van der Waals surface area (Å²) in [5, 5.41) is 9.89. The molecule has 2 unspecified atom stereocenters. The predicted octanol–water partition coefficient (Wildman–Crippen LogP) is 8.61. The van der Waals surface area contributed by atoms with Crippen LogP contribution in [0.2, 0.25) is 0 Å². The van der Waals surface area contributed by atoms with Crippen molar-refractivity contribution in [2.24, 2.45) is 5.92 Å². The zero-order chi connectivity index (χ0) is 27.8. The molecule has 1 saturated heterocycles. The van der Waals surface area contributed by atoms with Gasteiger partial charge in [0.15, 0.2) is 34.9 Å². The number of aliphatic hydroxyl groups excluding tert-OH is 1. The first-order chi connectivity index (χ1) is 18.7. The van der Waals surface area contributed by atoms with Crippen LogP contribution in [0.5, 0.6) is 0 Å². The minimum Gasteiger partial charge on any atom is -0.388 e. The van der Waals surface area contributed by atoms with Gasteiger partial charge in [-0.1, -0.05) is 43.3 Å². The van der Waals surface area contributed by atoms with Crippen molar-refractivity contribution in [3.63, 3.8) is 0 Å². The summed E-state index contributed by atoms with van der Waals surface area (Å²) < 4.78 is 93.1. The molecule has 2 fully saturated rings. The van der Waals surface area contributed by atoms with Crippen molar-refractivity contribution in [1.82, 2.24) is 0 Å². The number of aliphatic hydroxyl groups is 1. The summed E-state index contributed by atoms with van der Waals surface area (Å²) >= 11 is 0. The second kappa shape index (κ2) is 11.3. The van der Waals surface area contributed by atoms with Gasteiger partial charge in [0.1, 0.15) is 6.10 Å². The van der Waals surface area contributed by atoms with Gasteiger partial charge in [0.05, 0.1) is 12.7 Å². The Morgan fingerprint density at radius 1 is 0.744 bits per heavy atom. The minimum absolute atomic E-state index is 0.0366. The fourth-order valence-corrected chi connectivity index (χ4v) is 5.73. The van der Waals surface area contributed by atoms with Gasteiger partial charge >= 0.3 is 0 Å². The van der Waals surface area contributed by atoms with E-state index in [1.54, 1.807) is 13.0 Å². The van der Waals surface area contributed by atoms with Crippen molar-refractivity contribution in [1.29, 1.82) is 0 Å². The highest BCUT2D eigenvalue weighted by Crippen LogP contribution is 2.41. The zero-order valence-electron chi connectivity index (χ0n) is 21.6. The van der Waals surface area contributed by atoms with E-state index in [9.17, 15) is 31.4 Å². The van der Waals surface area contributed by atoms with Gasteiger partial charge in [-0.15, -0.1) is 0 Å². The number of halogens is 6. The Bertz CT molecular complexity index is 1360. The molecule has 8 heteroatoms. The highest BCUT2D eigenvalue weighted by molar-refractivity contribution is 5.66. The van der Waals surface area contributed by atoms with E-state index in [-0.39, 0.29) is 52.5 Å². The molecule has 0 aromatic heterocycles. The standard InChI is InChI=1S/C31H30F6O2/c1-2-24(38)22-13-11-19(27(33)30(22)36)17-6-3-16(4-7-17)5-8-18-9-10-20(28(34)26(18)32)21-12-14-23(25-15-39-25)31(37)29(21)35/h9-14,16-17,24-25,38H,2-8,15H2,1H3. The number of hydrogen-bond donors (Lipinski definition) is 1. The molecule has 3 aromatic rings. The van der Waals surface area contributed by atoms with Crippen LogP contribution in [0.4, 0.5) is 26.3 Å². The van der Waals surface area contributed by atoms with Crippen molar-refractivity contribution < 1.29 is 36.2 Å². The van der Waals surface area contributed by atoms with Crippen molar-refractivity contribution in [3.05, 3.63) is 93.6 Å². The molecule has 39 heavy (non-hydrogen) atoms. The minimum atomic E-state index is -1.24. The molecular weight excluding hydrogens is 518 g/mol. The second-order valence-electron chi connectivity index (χ2n) is 10.6. The second-order valence-corrected chi connectivity index (χ2v) is 10.6. The van der Waals surface area contributed by atoms with Gasteiger partial charge < -0.3 is 9.84 Å². The molecule has 0 bridgehead atoms. The fourth-order valence-electron chi connectivity index (χ4n) is 5.73. The summed E-state index contributed by atoms with van der Waals surface area (Å²) in [5.41, 5.74) is -0.208. The molecule has 1 N–H and O–H groups in total. The summed E-state index contributed by atoms with van der Waals surface area (Å²) in [6.07, 6.45) is 2.31. The van der Waals surface area contributed by atoms with Crippen molar-refractivity contribution in [3.8, 4) is 11.1 Å². The van der Waals surface area contributed by atoms with Crippen LogP contribution in [0.25, 0.3) is 11.1 Å². The van der Waals surface area contributed by atoms with Crippen LogP contribution in [-0.2, 0) is 11.2 Å². The molecule has 2 nitrogen and oxygen atoms in total. The lowest BCUT2D eigenvalue weighted by molar-refractivity contribution is 0.167. The van der Waals surface area contributed by atoms with E-state index >= 15 is 0 Å². The van der Waals surface area contributed by atoms with Crippen LogP contribution in [0, 0.1) is 40.8 Å². The highest BCUT2D eigenvalue weighted by Gasteiger charge is 2.31. The van der Waals surface area contributed by atoms with Crippen LogP contribution < -0.4 is 0 Å². The molecule has 1 saturated carbocycles. The van der Waals surface area contributed by atoms with Gasteiger partial charge in [-0.3, -0.25) is 0 Å². The highest BCUT2D eigenvalue weighted by atomic mass is 19.2. The summed E-state index contributed by atoms with van der Waals surface area (Å²) in [7, 11) is 0. The molecule has 0 spiro atoms. The lowest BCUT2D eigenvalue weighted by atomic mass is 9.76. The van der Waals surface area contributed by atoms with E-state index in [0.29, 0.717) is 31.4 Å². The maximum absolute atomic E-state index is 14.9. The number of benzene rings is 3. The van der Waals surface area contributed by atoms with Crippen LogP contribution >= 0.6 is 0 Å². The largest absolute Gasteiger partial charge is 0.388 e. The van der Waals surface area contributed by atoms with E-state index in [0.717, 1.165) is 12.8 Å². The van der Waals surface area contributed by atoms with E-state index in [1.807, 2.05) is 0 Å². The van der Waals surface area contributed by atoms with Gasteiger partial charge in [-0.25, -0.2) is 26.3 Å². The summed E-state index contributed by atoms with van der Waals surface area (Å²) in [6, 6.07) is 8.24. The maximum Gasteiger partial charge on any atom is 0.167 e. The Balaban J connectivity index is 1.22. The number of aryl methyl sites for hydroxylation is 1. The van der Waals surface area contributed by atoms with Gasteiger partial charge in [0.2, 0.25) is 0 Å². The molecule has 2 atom stereocenters. The lowest BCUT2D eigenvalue weighted by Crippen LogP contribution is -2.16. The quantitative estimate of drug-likeness (QED) is 0.226. The van der Waals surface area contributed by atoms with Gasteiger partial charge in [0.25, 0.3) is 0 Å². The first-order valence-corrected chi connectivity index (χ1v) is 13.4. The van der Waals surface area contributed by atoms with E-state index in [2.05, 4.69) is 0 Å². The monoisotopic (exact) mass is 548 g/mol. The number of rotatable bonds is 8. The molecule has 1 aliphatic carbocycles. The van der Waals surface area contributed by atoms with Gasteiger partial charge in [-0.2, -0.15) is 0 Å². The van der Waals surface area contributed by atoms with Crippen molar-refractivity contribution in [2.75, 3.05) is 6.61 Å². The average molecular weight is 549 g/mol.